The van der Waals surface area contributed by atoms with E-state index in [1.807, 2.05) is 14.7 Å². The van der Waals surface area contributed by atoms with E-state index < -0.39 is 0 Å². The van der Waals surface area contributed by atoms with Gasteiger partial charge in [0.25, 0.3) is 0 Å². The van der Waals surface area contributed by atoms with Gasteiger partial charge in [-0.15, -0.1) is 0 Å². The number of likely N-dealkylation sites (N-methyl/N-ethyl adjacent to an activating group) is 1. The molecule has 3 amide bonds. The molecular formula is C19H34N4O3. The Morgan fingerprint density at radius 3 is 2.54 bits per heavy atom. The monoisotopic (exact) mass is 366 g/mol. The summed E-state index contributed by atoms with van der Waals surface area (Å²) in [6.07, 6.45) is 5.77. The van der Waals surface area contributed by atoms with Gasteiger partial charge < -0.3 is 19.4 Å². The van der Waals surface area contributed by atoms with E-state index in [0.717, 1.165) is 65.0 Å². The average molecular weight is 367 g/mol. The maximum absolute atomic E-state index is 13.0. The zero-order valence-electron chi connectivity index (χ0n) is 16.4. The molecule has 3 aliphatic heterocycles. The van der Waals surface area contributed by atoms with Gasteiger partial charge in [0, 0.05) is 64.9 Å². The number of piperazine rings is 1. The highest BCUT2D eigenvalue weighted by Gasteiger charge is 2.44. The number of hydrogen-bond acceptors (Lipinski definition) is 4. The summed E-state index contributed by atoms with van der Waals surface area (Å²) < 4.78 is 5.14. The fourth-order valence-electron chi connectivity index (χ4n) is 4.58. The van der Waals surface area contributed by atoms with E-state index in [4.69, 9.17) is 4.74 Å². The Morgan fingerprint density at radius 2 is 1.81 bits per heavy atom. The predicted octanol–water partition coefficient (Wildman–Crippen LogP) is 1.24. The Morgan fingerprint density at radius 1 is 1.04 bits per heavy atom. The second kappa shape index (κ2) is 8.57. The SMILES string of the molecule is COCCN1CCC2(CCC1=O)CN(C(=O)N1CCCCC1)CCN2C. The van der Waals surface area contributed by atoms with Gasteiger partial charge in [-0.3, -0.25) is 9.69 Å². The first-order valence-corrected chi connectivity index (χ1v) is 10.1. The van der Waals surface area contributed by atoms with Crippen molar-refractivity contribution in [1.82, 2.24) is 19.6 Å². The molecule has 3 heterocycles. The molecule has 1 spiro atoms. The lowest BCUT2D eigenvalue weighted by molar-refractivity contribution is -0.131. The predicted molar refractivity (Wildman–Crippen MR) is 100 cm³/mol. The summed E-state index contributed by atoms with van der Waals surface area (Å²) >= 11 is 0. The molecule has 3 rings (SSSR count). The van der Waals surface area contributed by atoms with Crippen molar-refractivity contribution in [1.29, 1.82) is 0 Å². The van der Waals surface area contributed by atoms with E-state index in [9.17, 15) is 9.59 Å². The number of piperidine rings is 1. The average Bonchev–Trinajstić information content (AvgIpc) is 2.83. The number of likely N-dealkylation sites (tertiary alicyclic amines) is 2. The summed E-state index contributed by atoms with van der Waals surface area (Å²) in [7, 11) is 3.82. The fraction of sp³-hybridized carbons (Fsp3) is 0.895. The Labute approximate surface area is 157 Å². The number of methoxy groups -OCH3 is 1. The molecule has 0 aliphatic carbocycles. The molecule has 0 aromatic heterocycles. The van der Waals surface area contributed by atoms with Gasteiger partial charge in [0.05, 0.1) is 6.61 Å². The highest BCUT2D eigenvalue weighted by molar-refractivity contribution is 5.77. The van der Waals surface area contributed by atoms with Crippen LogP contribution in [0.3, 0.4) is 0 Å². The summed E-state index contributed by atoms with van der Waals surface area (Å²) in [6.45, 7) is 6.17. The number of urea groups is 1. The van der Waals surface area contributed by atoms with Crippen LogP contribution in [0.1, 0.15) is 38.5 Å². The standard InChI is InChI=1S/C19H34N4O3/c1-20-12-13-23(18(25)22-9-4-3-5-10-22)16-19(20)7-6-17(24)21(11-8-19)14-15-26-2/h3-16H2,1-2H3. The van der Waals surface area contributed by atoms with Gasteiger partial charge in [0.15, 0.2) is 0 Å². The molecule has 0 bridgehead atoms. The molecule has 148 valence electrons. The number of amides is 3. The van der Waals surface area contributed by atoms with Crippen LogP contribution in [0.5, 0.6) is 0 Å². The number of carbonyl (C=O) groups is 2. The van der Waals surface area contributed by atoms with Crippen molar-refractivity contribution >= 4 is 11.9 Å². The minimum Gasteiger partial charge on any atom is -0.383 e. The molecule has 3 fully saturated rings. The first-order valence-electron chi connectivity index (χ1n) is 10.1. The van der Waals surface area contributed by atoms with E-state index in [2.05, 4.69) is 11.9 Å². The van der Waals surface area contributed by atoms with Crippen LogP contribution in [0.4, 0.5) is 4.79 Å². The van der Waals surface area contributed by atoms with Gasteiger partial charge in [-0.25, -0.2) is 4.79 Å². The second-order valence-corrected chi connectivity index (χ2v) is 8.02. The third-order valence-corrected chi connectivity index (χ3v) is 6.47. The smallest absolute Gasteiger partial charge is 0.320 e. The first kappa shape index (κ1) is 19.4. The van der Waals surface area contributed by atoms with Crippen LogP contribution in [0.2, 0.25) is 0 Å². The topological polar surface area (TPSA) is 56.3 Å². The van der Waals surface area contributed by atoms with Crippen molar-refractivity contribution < 1.29 is 14.3 Å². The zero-order valence-corrected chi connectivity index (χ0v) is 16.4. The third-order valence-electron chi connectivity index (χ3n) is 6.47. The normalized spacial score (nSPS) is 28.5. The number of hydrogen-bond donors (Lipinski definition) is 0. The maximum Gasteiger partial charge on any atom is 0.320 e. The van der Waals surface area contributed by atoms with Gasteiger partial charge in [0.1, 0.15) is 0 Å². The molecule has 7 heteroatoms. The highest BCUT2D eigenvalue weighted by Crippen LogP contribution is 2.32. The molecular weight excluding hydrogens is 332 g/mol. The molecule has 0 N–H and O–H groups in total. The first-order chi connectivity index (χ1) is 12.6. The van der Waals surface area contributed by atoms with Crippen molar-refractivity contribution in [3.63, 3.8) is 0 Å². The van der Waals surface area contributed by atoms with Gasteiger partial charge in [0.2, 0.25) is 5.91 Å². The van der Waals surface area contributed by atoms with Crippen molar-refractivity contribution in [3.05, 3.63) is 0 Å². The highest BCUT2D eigenvalue weighted by atomic mass is 16.5. The van der Waals surface area contributed by atoms with Crippen LogP contribution >= 0.6 is 0 Å². The fourth-order valence-corrected chi connectivity index (χ4v) is 4.58. The number of ether oxygens (including phenoxy) is 1. The van der Waals surface area contributed by atoms with Gasteiger partial charge in [-0.1, -0.05) is 0 Å². The Kier molecular flexibility index (Phi) is 6.40. The van der Waals surface area contributed by atoms with Crippen LogP contribution < -0.4 is 0 Å². The summed E-state index contributed by atoms with van der Waals surface area (Å²) in [4.78, 5) is 33.8. The van der Waals surface area contributed by atoms with Crippen LogP contribution in [-0.2, 0) is 9.53 Å². The van der Waals surface area contributed by atoms with Crippen LogP contribution in [0.15, 0.2) is 0 Å². The summed E-state index contributed by atoms with van der Waals surface area (Å²) in [5.41, 5.74) is -0.0822. The minimum atomic E-state index is -0.0822. The molecule has 7 nitrogen and oxygen atoms in total. The molecule has 3 aliphatic rings. The van der Waals surface area contributed by atoms with E-state index in [0.29, 0.717) is 19.6 Å². The zero-order chi connectivity index (χ0) is 18.6. The second-order valence-electron chi connectivity index (χ2n) is 8.02. The maximum atomic E-state index is 13.0. The van der Waals surface area contributed by atoms with Gasteiger partial charge >= 0.3 is 6.03 Å². The van der Waals surface area contributed by atoms with E-state index >= 15 is 0 Å². The van der Waals surface area contributed by atoms with Crippen molar-refractivity contribution in [3.8, 4) is 0 Å². The lowest BCUT2D eigenvalue weighted by Crippen LogP contribution is -2.63. The van der Waals surface area contributed by atoms with Crippen molar-refractivity contribution in [2.24, 2.45) is 0 Å². The van der Waals surface area contributed by atoms with E-state index in [-0.39, 0.29) is 17.5 Å². The molecule has 0 radical (unpaired) electrons. The van der Waals surface area contributed by atoms with Crippen LogP contribution in [0.25, 0.3) is 0 Å². The quantitative estimate of drug-likeness (QED) is 0.754. The molecule has 0 aromatic carbocycles. The molecule has 26 heavy (non-hydrogen) atoms. The van der Waals surface area contributed by atoms with Crippen LogP contribution in [-0.4, -0.2) is 104 Å². The third kappa shape index (κ3) is 4.14. The van der Waals surface area contributed by atoms with E-state index in [1.165, 1.54) is 6.42 Å². The molecule has 0 saturated carbocycles. The Bertz CT molecular complexity index is 509. The number of nitrogens with zero attached hydrogens (tertiary/aromatic N) is 4. The molecule has 1 atom stereocenters. The number of carbonyl (C=O) groups excluding carboxylic acids is 2. The lowest BCUT2D eigenvalue weighted by Gasteiger charge is -2.50. The summed E-state index contributed by atoms with van der Waals surface area (Å²) in [5.74, 6) is 0.215. The molecule has 0 aromatic rings. The largest absolute Gasteiger partial charge is 0.383 e. The minimum absolute atomic E-state index is 0.0822. The van der Waals surface area contributed by atoms with Crippen molar-refractivity contribution in [2.75, 3.05) is 66.6 Å². The van der Waals surface area contributed by atoms with E-state index in [1.54, 1.807) is 7.11 Å². The van der Waals surface area contributed by atoms with Gasteiger partial charge in [-0.05, 0) is 39.2 Å². The van der Waals surface area contributed by atoms with Crippen LogP contribution in [0, 0.1) is 0 Å². The summed E-state index contributed by atoms with van der Waals surface area (Å²) in [5, 5.41) is 0. The van der Waals surface area contributed by atoms with Gasteiger partial charge in [-0.2, -0.15) is 0 Å². The summed E-state index contributed by atoms with van der Waals surface area (Å²) in [6, 6.07) is 0.198. The lowest BCUT2D eigenvalue weighted by atomic mass is 9.86. The Hall–Kier alpha value is -1.34. The molecule has 1 unspecified atom stereocenters. The molecule has 3 saturated heterocycles. The van der Waals surface area contributed by atoms with Crippen molar-refractivity contribution in [2.45, 2.75) is 44.1 Å². The Balaban J connectivity index is 1.67. The number of rotatable bonds is 3.